The van der Waals surface area contributed by atoms with Crippen molar-refractivity contribution in [2.45, 2.75) is 6.92 Å². The van der Waals surface area contributed by atoms with E-state index >= 15 is 0 Å². The first-order chi connectivity index (χ1) is 4.59. The Bertz CT molecular complexity index is 176. The Balaban J connectivity index is 3.96. The molecule has 2 amide bonds. The van der Waals surface area contributed by atoms with Crippen molar-refractivity contribution < 1.29 is 24.1 Å². The van der Waals surface area contributed by atoms with Crippen LogP contribution in [-0.2, 0) is 4.74 Å². The van der Waals surface area contributed by atoms with E-state index in [0.717, 1.165) is 0 Å². The Hall–Kier alpha value is -1.46. The van der Waals surface area contributed by atoms with Gasteiger partial charge in [-0.2, -0.15) is 9.59 Å². The third-order valence-corrected chi connectivity index (χ3v) is 0.622. The van der Waals surface area contributed by atoms with Gasteiger partial charge in [0.1, 0.15) is 0 Å². The highest BCUT2D eigenvalue weighted by molar-refractivity contribution is 5.71. The van der Waals surface area contributed by atoms with E-state index in [1.54, 1.807) is 0 Å². The van der Waals surface area contributed by atoms with Crippen LogP contribution in [0, 0.1) is 0 Å². The van der Waals surface area contributed by atoms with Crippen molar-refractivity contribution in [1.29, 1.82) is 0 Å². The van der Waals surface area contributed by atoms with Crippen molar-refractivity contribution in [3.63, 3.8) is 0 Å². The fourth-order valence-electron chi connectivity index (χ4n) is 0.263. The number of carbonyl (C=O) groups is 2. The molecule has 0 saturated heterocycles. The van der Waals surface area contributed by atoms with Crippen LogP contribution >= 0.6 is 0 Å². The Morgan fingerprint density at radius 3 is 2.50 bits per heavy atom. The highest BCUT2D eigenvalue weighted by Gasteiger charge is 2.20. The molecule has 0 atom stereocenters. The summed E-state index contributed by atoms with van der Waals surface area (Å²) in [7, 11) is 0. The summed E-state index contributed by atoms with van der Waals surface area (Å²) < 4.78 is 3.60. The highest BCUT2D eigenvalue weighted by Crippen LogP contribution is 1.85. The molecule has 10 heavy (non-hydrogen) atoms. The molecule has 0 heterocycles. The molecule has 0 saturated carbocycles. The quantitative estimate of drug-likeness (QED) is 0.438. The summed E-state index contributed by atoms with van der Waals surface area (Å²) in [5.41, 5.74) is 8.29. The Kier molecular flexibility index (Phi) is 3.03. The van der Waals surface area contributed by atoms with Gasteiger partial charge >= 0.3 is 12.2 Å². The van der Waals surface area contributed by atoms with Crippen molar-refractivity contribution in [3.8, 4) is 0 Å². The van der Waals surface area contributed by atoms with E-state index in [9.17, 15) is 9.59 Å². The number of imide groups is 1. The molecule has 1 N–H and O–H groups in total. The van der Waals surface area contributed by atoms with Crippen LogP contribution in [0.4, 0.5) is 9.59 Å². The van der Waals surface area contributed by atoms with E-state index in [0.29, 0.717) is 0 Å². The van der Waals surface area contributed by atoms with E-state index < -0.39 is 16.9 Å². The van der Waals surface area contributed by atoms with Gasteiger partial charge in [0.2, 0.25) is 0 Å². The van der Waals surface area contributed by atoms with Gasteiger partial charge in [0, 0.05) is 0 Å². The van der Waals surface area contributed by atoms with Crippen LogP contribution in [0.5, 0.6) is 0 Å². The van der Waals surface area contributed by atoms with Crippen LogP contribution in [0.15, 0.2) is 0 Å². The monoisotopic (exact) mass is 146 g/mol. The van der Waals surface area contributed by atoms with Crippen LogP contribution in [0.1, 0.15) is 6.92 Å². The van der Waals surface area contributed by atoms with Gasteiger partial charge in [0.05, 0.1) is 6.61 Å². The Morgan fingerprint density at radius 2 is 2.20 bits per heavy atom. The van der Waals surface area contributed by atoms with Crippen LogP contribution in [-0.4, -0.2) is 28.6 Å². The van der Waals surface area contributed by atoms with Crippen LogP contribution in [0.25, 0.3) is 5.53 Å². The van der Waals surface area contributed by atoms with Crippen molar-refractivity contribution >= 4 is 12.2 Å². The normalized spacial score (nSPS) is 8.50. The van der Waals surface area contributed by atoms with E-state index in [1.807, 2.05) is 0 Å². The average Bonchev–Trinajstić information content (AvgIpc) is 1.87. The molecule has 0 aromatic rings. The minimum Gasteiger partial charge on any atom is -0.481 e. The van der Waals surface area contributed by atoms with E-state index in [2.05, 4.69) is 4.74 Å². The first-order valence-electron chi connectivity index (χ1n) is 2.48. The number of ether oxygens (including phenoxy) is 1. The third kappa shape index (κ3) is 2.21. The maximum atomic E-state index is 10.3. The van der Waals surface area contributed by atoms with Crippen LogP contribution in [0.3, 0.4) is 0 Å². The van der Waals surface area contributed by atoms with Gasteiger partial charge in [0.15, 0.2) is 0 Å². The zero-order valence-electron chi connectivity index (χ0n) is 5.27. The summed E-state index contributed by atoms with van der Waals surface area (Å²) in [6.07, 6.45) is -3.06. The summed E-state index contributed by atoms with van der Waals surface area (Å²) in [4.78, 5) is 20.0. The van der Waals surface area contributed by atoms with Crippen molar-refractivity contribution in [3.05, 3.63) is 5.53 Å². The standard InChI is InChI=1S/C4H6N2O4/c1-2-10-4(9)6(5)3(7)8/h2H2,1H3,(H,7,8). The van der Waals surface area contributed by atoms with Gasteiger partial charge in [-0.3, -0.25) is 0 Å². The average molecular weight is 146 g/mol. The van der Waals surface area contributed by atoms with Gasteiger partial charge < -0.3 is 15.4 Å². The Morgan fingerprint density at radius 1 is 1.70 bits per heavy atom. The van der Waals surface area contributed by atoms with Gasteiger partial charge in [0.25, 0.3) is 0 Å². The summed E-state index contributed by atoms with van der Waals surface area (Å²) in [6.45, 7) is 1.51. The van der Waals surface area contributed by atoms with Crippen LogP contribution in [0.2, 0.25) is 0 Å². The molecule has 0 aromatic heterocycles. The first-order valence-corrected chi connectivity index (χ1v) is 2.48. The minimum atomic E-state index is -1.77. The number of nitrogens with zero attached hydrogens (tertiary/aromatic N) is 2. The highest BCUT2D eigenvalue weighted by atomic mass is 16.6. The van der Waals surface area contributed by atoms with Gasteiger partial charge in [-0.1, -0.05) is 0 Å². The molecular formula is C4H6N2O4. The lowest BCUT2D eigenvalue weighted by Crippen LogP contribution is -2.23. The second-order valence-electron chi connectivity index (χ2n) is 1.29. The fourth-order valence-corrected chi connectivity index (χ4v) is 0.263. The Labute approximate surface area is 56.5 Å². The molecule has 0 rings (SSSR count). The SMILES string of the molecule is CCOC(=O)[N+](=[N-])C(=O)O. The smallest absolute Gasteiger partial charge is 0.481 e. The molecule has 0 aliphatic carbocycles. The third-order valence-electron chi connectivity index (χ3n) is 0.622. The maximum absolute atomic E-state index is 10.3. The lowest BCUT2D eigenvalue weighted by Gasteiger charge is -1.95. The number of rotatable bonds is 1. The fraction of sp³-hybridized carbons (Fsp3) is 0.500. The molecule has 0 aliphatic heterocycles. The molecular weight excluding hydrogens is 140 g/mol. The summed E-state index contributed by atoms with van der Waals surface area (Å²) in [5, 5.41) is 7.95. The number of carbonyl (C=O) groups excluding carboxylic acids is 1. The minimum absolute atomic E-state index is 0.0170. The topological polar surface area (TPSA) is 88.9 Å². The molecule has 0 aliphatic rings. The summed E-state index contributed by atoms with van der Waals surface area (Å²) in [6, 6.07) is 0. The summed E-state index contributed by atoms with van der Waals surface area (Å²) >= 11 is 0. The lowest BCUT2D eigenvalue weighted by molar-refractivity contribution is -0.386. The van der Waals surface area contributed by atoms with Crippen molar-refractivity contribution in [2.24, 2.45) is 0 Å². The molecule has 6 nitrogen and oxygen atoms in total. The number of amides is 2. The molecule has 0 bridgehead atoms. The molecule has 0 unspecified atom stereocenters. The number of hydrogen-bond acceptors (Lipinski definition) is 3. The second-order valence-corrected chi connectivity index (χ2v) is 1.29. The van der Waals surface area contributed by atoms with E-state index in [1.165, 1.54) is 6.92 Å². The van der Waals surface area contributed by atoms with Gasteiger partial charge in [-0.15, -0.1) is 4.70 Å². The van der Waals surface area contributed by atoms with Gasteiger partial charge in [-0.05, 0) is 6.92 Å². The zero-order valence-corrected chi connectivity index (χ0v) is 5.27. The van der Waals surface area contributed by atoms with Crippen LogP contribution < -0.4 is 0 Å². The second kappa shape index (κ2) is 3.54. The first kappa shape index (κ1) is 8.54. The molecule has 6 heteroatoms. The molecule has 56 valence electrons. The van der Waals surface area contributed by atoms with E-state index in [-0.39, 0.29) is 6.61 Å². The lowest BCUT2D eigenvalue weighted by atomic mass is 10.8. The largest absolute Gasteiger partial charge is 0.596 e. The zero-order chi connectivity index (χ0) is 8.15. The van der Waals surface area contributed by atoms with E-state index in [4.69, 9.17) is 10.6 Å². The van der Waals surface area contributed by atoms with Crippen molar-refractivity contribution in [2.75, 3.05) is 6.61 Å². The number of carboxylic acid groups (broad SMARTS) is 1. The predicted octanol–water partition coefficient (Wildman–Crippen LogP) is 0.855. The summed E-state index contributed by atoms with van der Waals surface area (Å²) in [5.74, 6) is 0. The molecule has 0 radical (unpaired) electrons. The predicted molar refractivity (Wildman–Crippen MR) is 28.7 cm³/mol. The molecule has 0 aromatic carbocycles. The number of hydrogen-bond donors (Lipinski definition) is 1. The molecule has 0 spiro atoms. The molecule has 0 fully saturated rings. The van der Waals surface area contributed by atoms with Gasteiger partial charge in [-0.25, -0.2) is 0 Å². The maximum Gasteiger partial charge on any atom is 0.596 e. The van der Waals surface area contributed by atoms with Crippen molar-refractivity contribution in [1.82, 2.24) is 0 Å².